The van der Waals surface area contributed by atoms with Crippen LogP contribution >= 0.6 is 0 Å². The molecule has 0 radical (unpaired) electrons. The van der Waals surface area contributed by atoms with E-state index in [0.717, 1.165) is 12.3 Å². The third-order valence-corrected chi connectivity index (χ3v) is 2.21. The first kappa shape index (κ1) is 7.58. The second kappa shape index (κ2) is 2.60. The fourth-order valence-corrected chi connectivity index (χ4v) is 1.23. The molecule has 10 heavy (non-hydrogen) atoms. The minimum atomic E-state index is 0.208. The molecule has 0 aromatic heterocycles. The van der Waals surface area contributed by atoms with E-state index < -0.39 is 0 Å². The Kier molecular flexibility index (Phi) is 1.97. The fourth-order valence-electron chi connectivity index (χ4n) is 1.23. The summed E-state index contributed by atoms with van der Waals surface area (Å²) in [5, 5.41) is 0. The fraction of sp³-hybridized carbons (Fsp3) is 0.875. The minimum absolute atomic E-state index is 0.208. The number of rotatable bonds is 2. The molecule has 0 atom stereocenters. The lowest BCUT2D eigenvalue weighted by atomic mass is 9.79. The first-order valence-corrected chi connectivity index (χ1v) is 4.00. The predicted molar refractivity (Wildman–Crippen MR) is 44.2 cm³/mol. The summed E-state index contributed by atoms with van der Waals surface area (Å²) in [6, 6.07) is 0. The van der Waals surface area contributed by atoms with Gasteiger partial charge in [0.05, 0.1) is 11.4 Å². The van der Waals surface area contributed by atoms with E-state index >= 15 is 0 Å². The standard InChI is InChI=1S/C8H16N2/c1-3-7(9)10-8(2)5-4-6-8/h3-6H2,1-2H3,(H2,9,10). The van der Waals surface area contributed by atoms with Gasteiger partial charge in [0.1, 0.15) is 0 Å². The highest BCUT2D eigenvalue weighted by Crippen LogP contribution is 2.34. The van der Waals surface area contributed by atoms with Gasteiger partial charge in [0, 0.05) is 6.42 Å². The van der Waals surface area contributed by atoms with Crippen LogP contribution in [0.5, 0.6) is 0 Å². The van der Waals surface area contributed by atoms with Gasteiger partial charge in [0.25, 0.3) is 0 Å². The second-order valence-corrected chi connectivity index (χ2v) is 3.31. The van der Waals surface area contributed by atoms with Crippen LogP contribution in [0.4, 0.5) is 0 Å². The van der Waals surface area contributed by atoms with Crippen LogP contribution in [-0.4, -0.2) is 11.4 Å². The van der Waals surface area contributed by atoms with Crippen molar-refractivity contribution in [3.8, 4) is 0 Å². The molecule has 2 nitrogen and oxygen atoms in total. The van der Waals surface area contributed by atoms with E-state index in [1.54, 1.807) is 0 Å². The normalized spacial score (nSPS) is 24.0. The van der Waals surface area contributed by atoms with Crippen LogP contribution in [0.25, 0.3) is 0 Å². The lowest BCUT2D eigenvalue weighted by molar-refractivity contribution is 0.279. The van der Waals surface area contributed by atoms with E-state index in [2.05, 4.69) is 11.9 Å². The van der Waals surface area contributed by atoms with E-state index in [0.29, 0.717) is 0 Å². The van der Waals surface area contributed by atoms with Gasteiger partial charge in [-0.05, 0) is 26.2 Å². The van der Waals surface area contributed by atoms with Crippen molar-refractivity contribution in [3.05, 3.63) is 0 Å². The molecule has 0 heterocycles. The van der Waals surface area contributed by atoms with Crippen molar-refractivity contribution in [2.75, 3.05) is 0 Å². The number of hydrogen-bond donors (Lipinski definition) is 1. The minimum Gasteiger partial charge on any atom is -0.387 e. The molecule has 0 aliphatic heterocycles. The first-order valence-electron chi connectivity index (χ1n) is 4.00. The molecule has 0 saturated heterocycles. The average Bonchev–Trinajstić information content (AvgIpc) is 1.84. The number of nitrogens with zero attached hydrogens (tertiary/aromatic N) is 1. The first-order chi connectivity index (χ1) is 4.66. The Morgan fingerprint density at radius 3 is 2.50 bits per heavy atom. The zero-order valence-electron chi connectivity index (χ0n) is 6.85. The summed E-state index contributed by atoms with van der Waals surface area (Å²) in [6.45, 7) is 4.22. The van der Waals surface area contributed by atoms with Crippen LogP contribution < -0.4 is 5.73 Å². The van der Waals surface area contributed by atoms with Crippen molar-refractivity contribution in [1.82, 2.24) is 0 Å². The van der Waals surface area contributed by atoms with E-state index in [-0.39, 0.29) is 5.54 Å². The molecule has 0 aromatic carbocycles. The van der Waals surface area contributed by atoms with Crippen molar-refractivity contribution in [2.24, 2.45) is 10.7 Å². The van der Waals surface area contributed by atoms with Gasteiger partial charge >= 0.3 is 0 Å². The molecular formula is C8H16N2. The van der Waals surface area contributed by atoms with Crippen molar-refractivity contribution in [3.63, 3.8) is 0 Å². The quantitative estimate of drug-likeness (QED) is 0.460. The SMILES string of the molecule is CCC(N)=NC1(C)CCC1. The third kappa shape index (κ3) is 1.49. The van der Waals surface area contributed by atoms with Gasteiger partial charge in [-0.2, -0.15) is 0 Å². The highest BCUT2D eigenvalue weighted by Gasteiger charge is 2.30. The van der Waals surface area contributed by atoms with Gasteiger partial charge in [0.2, 0.25) is 0 Å². The molecule has 0 spiro atoms. The number of aliphatic imine (C=N–C) groups is 1. The molecule has 0 aromatic rings. The van der Waals surface area contributed by atoms with Gasteiger partial charge in [-0.3, -0.25) is 4.99 Å². The summed E-state index contributed by atoms with van der Waals surface area (Å²) in [5.41, 5.74) is 5.83. The van der Waals surface area contributed by atoms with Crippen LogP contribution in [0.1, 0.15) is 39.5 Å². The van der Waals surface area contributed by atoms with Gasteiger partial charge in [-0.15, -0.1) is 0 Å². The average molecular weight is 140 g/mol. The number of nitrogens with two attached hydrogens (primary N) is 1. The lowest BCUT2D eigenvalue weighted by Gasteiger charge is -2.34. The van der Waals surface area contributed by atoms with Crippen molar-refractivity contribution in [2.45, 2.75) is 45.1 Å². The van der Waals surface area contributed by atoms with E-state index in [1.807, 2.05) is 6.92 Å². The third-order valence-electron chi connectivity index (χ3n) is 2.21. The Hall–Kier alpha value is -0.530. The number of hydrogen-bond acceptors (Lipinski definition) is 1. The van der Waals surface area contributed by atoms with E-state index in [9.17, 15) is 0 Å². The molecule has 0 bridgehead atoms. The second-order valence-electron chi connectivity index (χ2n) is 3.31. The van der Waals surface area contributed by atoms with Crippen LogP contribution in [0.3, 0.4) is 0 Å². The molecule has 1 fully saturated rings. The maximum absolute atomic E-state index is 5.62. The summed E-state index contributed by atoms with van der Waals surface area (Å²) in [7, 11) is 0. The summed E-state index contributed by atoms with van der Waals surface area (Å²) in [5.74, 6) is 0.808. The predicted octanol–water partition coefficient (Wildman–Crippen LogP) is 1.70. The van der Waals surface area contributed by atoms with Gasteiger partial charge < -0.3 is 5.73 Å². The van der Waals surface area contributed by atoms with Crippen LogP contribution in [0, 0.1) is 0 Å². The van der Waals surface area contributed by atoms with Crippen LogP contribution in [-0.2, 0) is 0 Å². The molecule has 58 valence electrons. The van der Waals surface area contributed by atoms with Crippen LogP contribution in [0.15, 0.2) is 4.99 Å². The van der Waals surface area contributed by atoms with Gasteiger partial charge in [0.15, 0.2) is 0 Å². The Labute approximate surface area is 62.5 Å². The molecule has 0 unspecified atom stereocenters. The smallest absolute Gasteiger partial charge is 0.0941 e. The van der Waals surface area contributed by atoms with Gasteiger partial charge in [-0.1, -0.05) is 6.92 Å². The Bertz CT molecular complexity index is 145. The lowest BCUT2D eigenvalue weighted by Crippen LogP contribution is -2.33. The van der Waals surface area contributed by atoms with Crippen molar-refractivity contribution in [1.29, 1.82) is 0 Å². The molecule has 1 saturated carbocycles. The van der Waals surface area contributed by atoms with Crippen molar-refractivity contribution >= 4 is 5.84 Å². The van der Waals surface area contributed by atoms with Crippen LogP contribution in [0.2, 0.25) is 0 Å². The highest BCUT2D eigenvalue weighted by atomic mass is 14.9. The Morgan fingerprint density at radius 1 is 1.60 bits per heavy atom. The van der Waals surface area contributed by atoms with Crippen molar-refractivity contribution < 1.29 is 0 Å². The summed E-state index contributed by atoms with van der Waals surface area (Å²) in [6.07, 6.45) is 4.63. The zero-order valence-corrected chi connectivity index (χ0v) is 6.85. The molecular weight excluding hydrogens is 124 g/mol. The summed E-state index contributed by atoms with van der Waals surface area (Å²) >= 11 is 0. The molecule has 0 amide bonds. The monoisotopic (exact) mass is 140 g/mol. The summed E-state index contributed by atoms with van der Waals surface area (Å²) in [4.78, 5) is 4.43. The Balaban J connectivity index is 2.49. The molecule has 1 aliphatic rings. The van der Waals surface area contributed by atoms with E-state index in [4.69, 9.17) is 5.73 Å². The molecule has 1 aliphatic carbocycles. The maximum Gasteiger partial charge on any atom is 0.0941 e. The summed E-state index contributed by atoms with van der Waals surface area (Å²) < 4.78 is 0. The maximum atomic E-state index is 5.62. The Morgan fingerprint density at radius 2 is 2.20 bits per heavy atom. The molecule has 2 heteroatoms. The highest BCUT2D eigenvalue weighted by molar-refractivity contribution is 5.80. The largest absolute Gasteiger partial charge is 0.387 e. The zero-order chi connectivity index (χ0) is 7.61. The van der Waals surface area contributed by atoms with E-state index in [1.165, 1.54) is 19.3 Å². The number of amidine groups is 1. The molecule has 2 N–H and O–H groups in total. The molecule has 1 rings (SSSR count). The van der Waals surface area contributed by atoms with Gasteiger partial charge in [-0.25, -0.2) is 0 Å². The topological polar surface area (TPSA) is 38.4 Å².